The van der Waals surface area contributed by atoms with Crippen LogP contribution >= 0.6 is 0 Å². The molecule has 2 aliphatic heterocycles. The summed E-state index contributed by atoms with van der Waals surface area (Å²) in [6, 6.07) is 9.72. The van der Waals surface area contributed by atoms with Crippen molar-refractivity contribution in [3.8, 4) is 0 Å². The van der Waals surface area contributed by atoms with Crippen molar-refractivity contribution < 1.29 is 27.4 Å². The second-order valence-electron chi connectivity index (χ2n) is 11.2. The fraction of sp³-hybridized carbons (Fsp3) is 0.667. The average molecular weight is 521 g/mol. The summed E-state index contributed by atoms with van der Waals surface area (Å²) in [5, 5.41) is 1.21. The molecule has 2 unspecified atom stereocenters. The van der Waals surface area contributed by atoms with E-state index in [2.05, 4.69) is 16.9 Å². The summed E-state index contributed by atoms with van der Waals surface area (Å²) < 4.78 is 46.0. The third-order valence-corrected chi connectivity index (χ3v) is 8.45. The minimum absolute atomic E-state index is 0.0526. The molecule has 0 bridgehead atoms. The van der Waals surface area contributed by atoms with Gasteiger partial charge < -0.3 is 19.1 Å². The van der Waals surface area contributed by atoms with Crippen molar-refractivity contribution in [2.24, 2.45) is 0 Å². The Morgan fingerprint density at radius 3 is 2.39 bits per heavy atom. The topological polar surface area (TPSA) is 94.2 Å². The van der Waals surface area contributed by atoms with Gasteiger partial charge in [-0.1, -0.05) is 36.4 Å². The number of hydrogen-bond donors (Lipinski definition) is 1. The first-order chi connectivity index (χ1) is 17.1. The lowest BCUT2D eigenvalue weighted by molar-refractivity contribution is -0.0716. The summed E-state index contributed by atoms with van der Waals surface area (Å²) in [5.41, 5.74) is -0.264. The molecule has 4 rings (SSSR count). The zero-order valence-electron chi connectivity index (χ0n) is 21.6. The van der Waals surface area contributed by atoms with Crippen LogP contribution in [0.4, 0.5) is 4.79 Å². The van der Waals surface area contributed by atoms with Crippen LogP contribution in [0.5, 0.6) is 0 Å². The van der Waals surface area contributed by atoms with Gasteiger partial charge in [-0.05, 0) is 71.3 Å². The number of piperidine rings is 1. The number of benzene rings is 1. The molecule has 1 spiro atoms. The van der Waals surface area contributed by atoms with E-state index in [-0.39, 0.29) is 18.8 Å². The lowest BCUT2D eigenvalue weighted by atomic mass is 9.79. The van der Waals surface area contributed by atoms with Crippen LogP contribution in [-0.2, 0) is 30.8 Å². The number of likely N-dealkylation sites (tertiary alicyclic amines) is 1. The highest BCUT2D eigenvalue weighted by Crippen LogP contribution is 2.36. The van der Waals surface area contributed by atoms with Crippen LogP contribution < -0.4 is 4.72 Å². The molecule has 0 aromatic heterocycles. The number of carbonyl (C=O) groups excluding carboxylic acids is 1. The van der Waals surface area contributed by atoms with E-state index in [1.807, 2.05) is 39.0 Å². The number of nitrogens with zero attached hydrogens (tertiary/aromatic N) is 1. The fourth-order valence-corrected chi connectivity index (χ4v) is 6.76. The van der Waals surface area contributed by atoms with Gasteiger partial charge in [0.05, 0.1) is 37.0 Å². The Hall–Kier alpha value is -1.94. The highest BCUT2D eigenvalue weighted by molar-refractivity contribution is 7.92. The van der Waals surface area contributed by atoms with Gasteiger partial charge in [-0.15, -0.1) is 0 Å². The molecule has 36 heavy (non-hydrogen) atoms. The molecule has 1 N–H and O–H groups in total. The van der Waals surface area contributed by atoms with Gasteiger partial charge in [0.15, 0.2) is 0 Å². The predicted octanol–water partition coefficient (Wildman–Crippen LogP) is 4.51. The van der Waals surface area contributed by atoms with Crippen molar-refractivity contribution in [3.05, 3.63) is 47.4 Å². The number of rotatable bonds is 6. The second kappa shape index (κ2) is 11.2. The average Bonchev–Trinajstić information content (AvgIpc) is 2.81. The number of ether oxygens (including phenoxy) is 3. The number of amides is 1. The van der Waals surface area contributed by atoms with Crippen molar-refractivity contribution in [3.63, 3.8) is 0 Å². The van der Waals surface area contributed by atoms with Crippen molar-refractivity contribution in [1.29, 1.82) is 0 Å². The van der Waals surface area contributed by atoms with Crippen LogP contribution in [0.15, 0.2) is 41.8 Å². The van der Waals surface area contributed by atoms with Gasteiger partial charge in [-0.2, -0.15) is 0 Å². The van der Waals surface area contributed by atoms with E-state index in [0.29, 0.717) is 32.4 Å². The minimum Gasteiger partial charge on any atom is -0.444 e. The molecule has 2 heterocycles. The highest BCUT2D eigenvalue weighted by Gasteiger charge is 2.50. The molecule has 1 amide bonds. The lowest BCUT2D eigenvalue weighted by Crippen LogP contribution is -2.68. The van der Waals surface area contributed by atoms with E-state index in [1.54, 1.807) is 11.0 Å². The Labute approximate surface area is 215 Å². The van der Waals surface area contributed by atoms with Gasteiger partial charge in [0.1, 0.15) is 5.60 Å². The summed E-state index contributed by atoms with van der Waals surface area (Å²) in [7, 11) is -3.57. The zero-order valence-corrected chi connectivity index (χ0v) is 22.5. The first kappa shape index (κ1) is 27.1. The number of nitrogens with one attached hydrogen (secondary N) is 1. The van der Waals surface area contributed by atoms with E-state index in [9.17, 15) is 13.2 Å². The molecule has 1 aromatic carbocycles. The van der Waals surface area contributed by atoms with Crippen molar-refractivity contribution in [2.45, 2.75) is 102 Å². The van der Waals surface area contributed by atoms with Crippen LogP contribution in [0.2, 0.25) is 0 Å². The summed E-state index contributed by atoms with van der Waals surface area (Å²) in [4.78, 5) is 14.8. The maximum Gasteiger partial charge on any atom is 0.410 e. The Bertz CT molecular complexity index is 1010. The molecule has 8 nitrogen and oxygen atoms in total. The minimum atomic E-state index is -3.57. The lowest BCUT2D eigenvalue weighted by Gasteiger charge is -2.50. The molecular formula is C27H40N2O6S. The summed E-state index contributed by atoms with van der Waals surface area (Å²) in [6.07, 6.45) is 6.94. The first-order valence-electron chi connectivity index (χ1n) is 13.0. The van der Waals surface area contributed by atoms with Crippen molar-refractivity contribution >= 4 is 16.1 Å². The molecule has 3 aliphatic rings. The normalized spacial score (nSPS) is 30.3. The van der Waals surface area contributed by atoms with Crippen LogP contribution in [0.3, 0.4) is 0 Å². The molecule has 1 saturated carbocycles. The molecule has 200 valence electrons. The largest absolute Gasteiger partial charge is 0.444 e. The third-order valence-electron chi connectivity index (χ3n) is 7.21. The Balaban J connectivity index is 1.38. The predicted molar refractivity (Wildman–Crippen MR) is 138 cm³/mol. The van der Waals surface area contributed by atoms with E-state index in [4.69, 9.17) is 14.2 Å². The molecule has 2 atom stereocenters. The van der Waals surface area contributed by atoms with Crippen LogP contribution in [0, 0.1) is 0 Å². The fourth-order valence-electron chi connectivity index (χ4n) is 5.46. The maximum absolute atomic E-state index is 13.1. The summed E-state index contributed by atoms with van der Waals surface area (Å²) in [5.74, 6) is 0. The summed E-state index contributed by atoms with van der Waals surface area (Å²) >= 11 is 0. The van der Waals surface area contributed by atoms with E-state index in [0.717, 1.165) is 25.7 Å². The Morgan fingerprint density at radius 1 is 1.08 bits per heavy atom. The van der Waals surface area contributed by atoms with Crippen LogP contribution in [-0.4, -0.2) is 62.0 Å². The smallest absolute Gasteiger partial charge is 0.410 e. The Kier molecular flexibility index (Phi) is 8.44. The van der Waals surface area contributed by atoms with Gasteiger partial charge in [0.25, 0.3) is 0 Å². The van der Waals surface area contributed by atoms with E-state index < -0.39 is 33.3 Å². The van der Waals surface area contributed by atoms with Crippen molar-refractivity contribution in [2.75, 3.05) is 13.2 Å². The molecule has 1 saturated heterocycles. The van der Waals surface area contributed by atoms with Gasteiger partial charge in [-0.25, -0.2) is 17.9 Å². The zero-order chi connectivity index (χ0) is 25.8. The highest BCUT2D eigenvalue weighted by atomic mass is 32.2. The van der Waals surface area contributed by atoms with E-state index >= 15 is 0 Å². The van der Waals surface area contributed by atoms with Gasteiger partial charge in [0.2, 0.25) is 10.0 Å². The molecule has 0 radical (unpaired) electrons. The van der Waals surface area contributed by atoms with Gasteiger partial charge in [0, 0.05) is 12.0 Å². The number of carbonyl (C=O) groups is 1. The maximum atomic E-state index is 13.1. The monoisotopic (exact) mass is 520 g/mol. The third kappa shape index (κ3) is 7.09. The molecular weight excluding hydrogens is 480 g/mol. The second-order valence-corrected chi connectivity index (χ2v) is 12.8. The molecule has 9 heteroatoms. The number of hydrogen-bond acceptors (Lipinski definition) is 6. The molecule has 1 aromatic rings. The van der Waals surface area contributed by atoms with Crippen LogP contribution in [0.1, 0.15) is 71.3 Å². The molecule has 2 fully saturated rings. The van der Waals surface area contributed by atoms with Crippen molar-refractivity contribution in [1.82, 2.24) is 9.62 Å². The van der Waals surface area contributed by atoms with Gasteiger partial charge in [-0.3, -0.25) is 0 Å². The van der Waals surface area contributed by atoms with Crippen LogP contribution in [0.25, 0.3) is 0 Å². The Morgan fingerprint density at radius 2 is 1.75 bits per heavy atom. The molecule has 1 aliphatic carbocycles. The summed E-state index contributed by atoms with van der Waals surface area (Å²) in [6.45, 7) is 6.88. The van der Waals surface area contributed by atoms with Gasteiger partial charge >= 0.3 is 6.09 Å². The quantitative estimate of drug-likeness (QED) is 0.593. The van der Waals surface area contributed by atoms with E-state index in [1.165, 1.54) is 11.0 Å². The standard InChI is InChI=1S/C27H40N2O6S/c1-26(2,3)35-25(30)29-17-7-15-27(16-8-18-36(31,32)28-27)24(29)20-34-23-13-11-22(12-14-23)33-19-21-9-5-4-6-10-21/h4-6,8-10,18,22-24,28H,7,11-17,19-20H2,1-3H3. The number of sulfonamides is 1. The first-order valence-corrected chi connectivity index (χ1v) is 14.6. The SMILES string of the molecule is CC(C)(C)OC(=O)N1CCCC2(CC=CS(=O)(=O)N2)C1COC1CCC(OCc2ccccc2)CC1.